The zero-order valence-electron chi connectivity index (χ0n) is 9.55. The number of hydrogen-bond donors (Lipinski definition) is 2. The lowest BCUT2D eigenvalue weighted by atomic mass is 10.2. The molecule has 0 bridgehead atoms. The van der Waals surface area contributed by atoms with Crippen LogP contribution in [0.4, 0.5) is 11.4 Å². The van der Waals surface area contributed by atoms with Crippen molar-refractivity contribution in [2.45, 2.75) is 13.0 Å². The average Bonchev–Trinajstić information content (AvgIpc) is 2.85. The van der Waals surface area contributed by atoms with Crippen molar-refractivity contribution in [2.75, 3.05) is 5.32 Å². The Morgan fingerprint density at radius 2 is 2.33 bits per heavy atom. The van der Waals surface area contributed by atoms with Crippen LogP contribution in [-0.2, 0) is 0 Å². The van der Waals surface area contributed by atoms with Crippen molar-refractivity contribution in [3.05, 3.63) is 49.8 Å². The molecule has 1 heterocycles. The molecule has 2 N–H and O–H groups in total. The minimum atomic E-state index is -0.397. The Balaban J connectivity index is 2.17. The molecule has 0 saturated carbocycles. The third-order valence-electron chi connectivity index (χ3n) is 2.55. The fraction of sp³-hybridized carbons (Fsp3) is 0.182. The van der Waals surface area contributed by atoms with E-state index >= 15 is 0 Å². The Bertz CT molecular complexity index is 556. The fourth-order valence-corrected chi connectivity index (χ4v) is 2.20. The van der Waals surface area contributed by atoms with Crippen molar-refractivity contribution >= 4 is 34.0 Å². The van der Waals surface area contributed by atoms with Gasteiger partial charge in [-0.15, -0.1) is 0 Å². The minimum absolute atomic E-state index is 0.0822. The second-order valence-electron chi connectivity index (χ2n) is 3.82. The van der Waals surface area contributed by atoms with Gasteiger partial charge in [0.15, 0.2) is 0 Å². The van der Waals surface area contributed by atoms with E-state index in [1.54, 1.807) is 18.3 Å². The lowest BCUT2D eigenvalue weighted by molar-refractivity contribution is -0.384. The zero-order chi connectivity index (χ0) is 13.1. The predicted octanol–water partition coefficient (Wildman–Crippen LogP) is 3.10. The van der Waals surface area contributed by atoms with Gasteiger partial charge in [0, 0.05) is 33.2 Å². The van der Waals surface area contributed by atoms with Gasteiger partial charge in [-0.3, -0.25) is 15.2 Å². The van der Waals surface area contributed by atoms with Gasteiger partial charge in [0.05, 0.1) is 17.2 Å². The molecule has 0 saturated heterocycles. The van der Waals surface area contributed by atoms with Crippen molar-refractivity contribution < 1.29 is 4.92 Å². The molecule has 0 radical (unpaired) electrons. The normalized spacial score (nSPS) is 12.1. The van der Waals surface area contributed by atoms with Crippen LogP contribution in [0.1, 0.15) is 18.5 Å². The van der Waals surface area contributed by atoms with Gasteiger partial charge in [-0.2, -0.15) is 5.10 Å². The van der Waals surface area contributed by atoms with Gasteiger partial charge < -0.3 is 5.32 Å². The van der Waals surface area contributed by atoms with Crippen molar-refractivity contribution in [3.63, 3.8) is 0 Å². The van der Waals surface area contributed by atoms with E-state index in [0.717, 1.165) is 14.8 Å². The van der Waals surface area contributed by atoms with E-state index < -0.39 is 4.92 Å². The summed E-state index contributed by atoms with van der Waals surface area (Å²) in [6, 6.07) is 4.84. The Morgan fingerprint density at radius 3 is 2.89 bits per heavy atom. The smallest absolute Gasteiger partial charge is 0.270 e. The summed E-state index contributed by atoms with van der Waals surface area (Å²) in [5, 5.41) is 20.6. The number of rotatable bonds is 4. The first-order chi connectivity index (χ1) is 8.58. The van der Waals surface area contributed by atoms with E-state index in [4.69, 9.17) is 0 Å². The molecule has 1 atom stereocenters. The highest BCUT2D eigenvalue weighted by atomic mass is 127. The Kier molecular flexibility index (Phi) is 3.80. The van der Waals surface area contributed by atoms with Gasteiger partial charge in [0.1, 0.15) is 0 Å². The maximum atomic E-state index is 10.6. The number of benzene rings is 1. The quantitative estimate of drug-likeness (QED) is 0.500. The molecular weight excluding hydrogens is 347 g/mol. The molecule has 7 heteroatoms. The average molecular weight is 358 g/mol. The van der Waals surface area contributed by atoms with Crippen LogP contribution in [0.2, 0.25) is 0 Å². The number of hydrogen-bond acceptors (Lipinski definition) is 4. The van der Waals surface area contributed by atoms with Crippen LogP contribution in [0.25, 0.3) is 0 Å². The maximum Gasteiger partial charge on any atom is 0.270 e. The number of nitrogens with one attached hydrogen (secondary N) is 2. The Hall–Kier alpha value is -1.64. The lowest BCUT2D eigenvalue weighted by Crippen LogP contribution is -2.07. The van der Waals surface area contributed by atoms with Crippen molar-refractivity contribution in [1.82, 2.24) is 10.2 Å². The van der Waals surface area contributed by atoms with Crippen molar-refractivity contribution in [3.8, 4) is 0 Å². The highest BCUT2D eigenvalue weighted by molar-refractivity contribution is 14.1. The largest absolute Gasteiger partial charge is 0.378 e. The SMILES string of the molecule is CC(Nc1ccc([N+](=O)[O-])cc1I)c1cn[nH]c1. The number of nitrogens with zero attached hydrogens (tertiary/aromatic N) is 2. The lowest BCUT2D eigenvalue weighted by Gasteiger charge is -2.14. The second-order valence-corrected chi connectivity index (χ2v) is 4.98. The van der Waals surface area contributed by atoms with Crippen molar-refractivity contribution in [1.29, 1.82) is 0 Å². The summed E-state index contributed by atoms with van der Waals surface area (Å²) in [5.74, 6) is 0. The summed E-state index contributed by atoms with van der Waals surface area (Å²) in [6.07, 6.45) is 3.56. The van der Waals surface area contributed by atoms with E-state index in [9.17, 15) is 10.1 Å². The topological polar surface area (TPSA) is 83.8 Å². The van der Waals surface area contributed by atoms with Gasteiger partial charge in [0.25, 0.3) is 5.69 Å². The molecule has 0 aliphatic carbocycles. The van der Waals surface area contributed by atoms with Gasteiger partial charge in [-0.1, -0.05) is 0 Å². The Morgan fingerprint density at radius 1 is 1.56 bits per heavy atom. The molecule has 94 valence electrons. The molecule has 18 heavy (non-hydrogen) atoms. The molecular formula is C11H11IN4O2. The first-order valence-corrected chi connectivity index (χ1v) is 6.35. The summed E-state index contributed by atoms with van der Waals surface area (Å²) in [6.45, 7) is 2.00. The van der Waals surface area contributed by atoms with Crippen LogP contribution in [0.15, 0.2) is 30.6 Å². The first kappa shape index (κ1) is 12.8. The number of non-ortho nitro benzene ring substituents is 1. The summed E-state index contributed by atoms with van der Waals surface area (Å²) in [4.78, 5) is 10.2. The molecule has 2 aromatic rings. The van der Waals surface area contributed by atoms with Gasteiger partial charge in [-0.25, -0.2) is 0 Å². The summed E-state index contributed by atoms with van der Waals surface area (Å²) in [7, 11) is 0. The van der Waals surface area contributed by atoms with Gasteiger partial charge >= 0.3 is 0 Å². The highest BCUT2D eigenvalue weighted by Crippen LogP contribution is 2.26. The number of aromatic nitrogens is 2. The molecule has 1 aromatic carbocycles. The van der Waals surface area contributed by atoms with Crippen LogP contribution in [0.3, 0.4) is 0 Å². The van der Waals surface area contributed by atoms with Crippen LogP contribution >= 0.6 is 22.6 Å². The zero-order valence-corrected chi connectivity index (χ0v) is 11.7. The molecule has 1 unspecified atom stereocenters. The van der Waals surface area contributed by atoms with E-state index in [1.165, 1.54) is 6.07 Å². The van der Waals surface area contributed by atoms with Crippen LogP contribution in [0, 0.1) is 13.7 Å². The molecule has 2 rings (SSSR count). The number of nitro benzene ring substituents is 1. The molecule has 1 aromatic heterocycles. The molecule has 0 fully saturated rings. The number of aromatic amines is 1. The number of H-pyrrole nitrogens is 1. The molecule has 0 spiro atoms. The Labute approximate surface area is 117 Å². The molecule has 0 amide bonds. The molecule has 0 aliphatic heterocycles. The van der Waals surface area contributed by atoms with Crippen molar-refractivity contribution in [2.24, 2.45) is 0 Å². The monoisotopic (exact) mass is 358 g/mol. The van der Waals surface area contributed by atoms with Gasteiger partial charge in [0.2, 0.25) is 0 Å². The molecule has 0 aliphatic rings. The predicted molar refractivity (Wildman–Crippen MR) is 76.4 cm³/mol. The first-order valence-electron chi connectivity index (χ1n) is 5.27. The third kappa shape index (κ3) is 2.78. The van der Waals surface area contributed by atoms with E-state index in [1.807, 2.05) is 13.1 Å². The summed E-state index contributed by atoms with van der Waals surface area (Å²) in [5.41, 5.74) is 2.00. The van der Waals surface area contributed by atoms with Crippen LogP contribution in [0.5, 0.6) is 0 Å². The number of anilines is 1. The summed E-state index contributed by atoms with van der Waals surface area (Å²) < 4.78 is 0.817. The minimum Gasteiger partial charge on any atom is -0.378 e. The van der Waals surface area contributed by atoms with Crippen LogP contribution < -0.4 is 5.32 Å². The maximum absolute atomic E-state index is 10.6. The van der Waals surface area contributed by atoms with E-state index in [2.05, 4.69) is 38.1 Å². The fourth-order valence-electron chi connectivity index (χ4n) is 1.55. The van der Waals surface area contributed by atoms with Crippen LogP contribution in [-0.4, -0.2) is 15.1 Å². The standard InChI is InChI=1S/C11H11IN4O2/c1-7(8-5-13-14-6-8)15-11-3-2-9(16(17)18)4-10(11)12/h2-7,15H,1H3,(H,13,14). The third-order valence-corrected chi connectivity index (χ3v) is 3.45. The van der Waals surface area contributed by atoms with Gasteiger partial charge in [-0.05, 0) is 35.6 Å². The number of halogens is 1. The second kappa shape index (κ2) is 5.34. The summed E-state index contributed by atoms with van der Waals surface area (Å²) >= 11 is 2.08. The highest BCUT2D eigenvalue weighted by Gasteiger charge is 2.12. The molecule has 6 nitrogen and oxygen atoms in total. The van der Waals surface area contributed by atoms with E-state index in [0.29, 0.717) is 0 Å². The number of nitro groups is 1. The van der Waals surface area contributed by atoms with E-state index in [-0.39, 0.29) is 11.7 Å².